The molecule has 2 aromatic rings. The lowest BCUT2D eigenvalue weighted by Crippen LogP contribution is -2.26. The van der Waals surface area contributed by atoms with Crippen LogP contribution in [0.1, 0.15) is 23.7 Å². The Kier molecular flexibility index (Phi) is 8.00. The van der Waals surface area contributed by atoms with Gasteiger partial charge >= 0.3 is 0 Å². The Hall–Kier alpha value is -2.67. The number of carbonyl (C=O) groups excluding carboxylic acids is 2. The first-order chi connectivity index (χ1) is 13.1. The van der Waals surface area contributed by atoms with E-state index in [-0.39, 0.29) is 17.6 Å². The first kappa shape index (κ1) is 20.6. The van der Waals surface area contributed by atoms with Crippen molar-refractivity contribution in [3.05, 3.63) is 48.0 Å². The highest BCUT2D eigenvalue weighted by atomic mass is 32.2. The largest absolute Gasteiger partial charge is 0.493 e. The molecule has 0 saturated heterocycles. The van der Waals surface area contributed by atoms with E-state index in [9.17, 15) is 9.59 Å². The molecule has 144 valence electrons. The van der Waals surface area contributed by atoms with E-state index in [4.69, 9.17) is 9.47 Å². The summed E-state index contributed by atoms with van der Waals surface area (Å²) in [5.74, 6) is 1.07. The zero-order valence-corrected chi connectivity index (χ0v) is 16.5. The zero-order chi connectivity index (χ0) is 19.6. The van der Waals surface area contributed by atoms with Crippen molar-refractivity contribution in [1.29, 1.82) is 0 Å². The molecule has 2 aromatic carbocycles. The van der Waals surface area contributed by atoms with Gasteiger partial charge in [0.2, 0.25) is 5.91 Å². The van der Waals surface area contributed by atoms with Crippen molar-refractivity contribution in [2.24, 2.45) is 0 Å². The zero-order valence-electron chi connectivity index (χ0n) is 15.7. The highest BCUT2D eigenvalue weighted by Crippen LogP contribution is 2.31. The van der Waals surface area contributed by atoms with E-state index in [1.807, 2.05) is 19.1 Å². The van der Waals surface area contributed by atoms with Crippen LogP contribution in [0, 0.1) is 0 Å². The molecule has 2 N–H and O–H groups in total. The minimum Gasteiger partial charge on any atom is -0.493 e. The predicted molar refractivity (Wildman–Crippen MR) is 108 cm³/mol. The second kappa shape index (κ2) is 10.5. The van der Waals surface area contributed by atoms with Crippen LogP contribution in [0.2, 0.25) is 0 Å². The third-order valence-corrected chi connectivity index (χ3v) is 4.70. The Labute approximate surface area is 163 Å². The average Bonchev–Trinajstić information content (AvgIpc) is 2.70. The van der Waals surface area contributed by atoms with Gasteiger partial charge in [-0.25, -0.2) is 0 Å². The molecule has 0 unspecified atom stereocenters. The second-order valence-corrected chi connectivity index (χ2v) is 6.70. The molecule has 0 atom stereocenters. The number of anilines is 1. The number of rotatable bonds is 9. The molecule has 27 heavy (non-hydrogen) atoms. The molecule has 0 heterocycles. The van der Waals surface area contributed by atoms with Crippen molar-refractivity contribution in [2.45, 2.75) is 18.2 Å². The van der Waals surface area contributed by atoms with Gasteiger partial charge in [0.25, 0.3) is 5.91 Å². The summed E-state index contributed by atoms with van der Waals surface area (Å²) >= 11 is 1.38. The van der Waals surface area contributed by atoms with Gasteiger partial charge in [0.15, 0.2) is 11.5 Å². The SMILES string of the molecule is CCCNC(=O)c1ccccc1NC(=O)CSc1ccc(OC)c(OC)c1. The number of hydrogen-bond acceptors (Lipinski definition) is 5. The van der Waals surface area contributed by atoms with Crippen LogP contribution in [0.25, 0.3) is 0 Å². The molecule has 0 aliphatic rings. The Morgan fingerprint density at radius 1 is 1.04 bits per heavy atom. The number of amides is 2. The first-order valence-corrected chi connectivity index (χ1v) is 9.59. The number of ether oxygens (including phenoxy) is 2. The van der Waals surface area contributed by atoms with Gasteiger partial charge < -0.3 is 20.1 Å². The smallest absolute Gasteiger partial charge is 0.253 e. The summed E-state index contributed by atoms with van der Waals surface area (Å²) in [5.41, 5.74) is 0.958. The Balaban J connectivity index is 1.99. The summed E-state index contributed by atoms with van der Waals surface area (Å²) in [7, 11) is 3.14. The van der Waals surface area contributed by atoms with Gasteiger partial charge in [-0.15, -0.1) is 11.8 Å². The highest BCUT2D eigenvalue weighted by Gasteiger charge is 2.13. The summed E-state index contributed by atoms with van der Waals surface area (Å²) in [6.45, 7) is 2.58. The standard InChI is InChI=1S/C20H24N2O4S/c1-4-11-21-20(24)15-7-5-6-8-16(15)22-19(23)13-27-14-9-10-17(25-2)18(12-14)26-3/h5-10,12H,4,11,13H2,1-3H3,(H,21,24)(H,22,23). The van der Waals surface area contributed by atoms with Crippen LogP contribution in [-0.4, -0.2) is 38.3 Å². The fraction of sp³-hybridized carbons (Fsp3) is 0.300. The Morgan fingerprint density at radius 2 is 1.78 bits per heavy atom. The lowest BCUT2D eigenvalue weighted by atomic mass is 10.1. The monoisotopic (exact) mass is 388 g/mol. The lowest BCUT2D eigenvalue weighted by Gasteiger charge is -2.12. The quantitative estimate of drug-likeness (QED) is 0.642. The minimum absolute atomic E-state index is 0.189. The van der Waals surface area contributed by atoms with E-state index < -0.39 is 0 Å². The van der Waals surface area contributed by atoms with Crippen molar-refractivity contribution < 1.29 is 19.1 Å². The average molecular weight is 388 g/mol. The first-order valence-electron chi connectivity index (χ1n) is 8.61. The molecule has 0 bridgehead atoms. The van der Waals surface area contributed by atoms with Crippen molar-refractivity contribution in [2.75, 3.05) is 31.8 Å². The molecular weight excluding hydrogens is 364 g/mol. The minimum atomic E-state index is -0.194. The fourth-order valence-electron chi connectivity index (χ4n) is 2.37. The van der Waals surface area contributed by atoms with Gasteiger partial charge in [-0.1, -0.05) is 19.1 Å². The van der Waals surface area contributed by atoms with Gasteiger partial charge in [-0.05, 0) is 36.8 Å². The number of benzene rings is 2. The molecule has 0 aliphatic heterocycles. The van der Waals surface area contributed by atoms with Crippen LogP contribution in [-0.2, 0) is 4.79 Å². The number of carbonyl (C=O) groups is 2. The molecule has 0 saturated carbocycles. The summed E-state index contributed by atoms with van der Waals surface area (Å²) in [6, 6.07) is 12.5. The third kappa shape index (κ3) is 5.92. The maximum atomic E-state index is 12.3. The molecule has 0 fully saturated rings. The number of nitrogens with one attached hydrogen (secondary N) is 2. The van der Waals surface area contributed by atoms with Crippen molar-refractivity contribution in [3.63, 3.8) is 0 Å². The molecular formula is C20H24N2O4S. The number of para-hydroxylation sites is 1. The van der Waals surface area contributed by atoms with Crippen LogP contribution < -0.4 is 20.1 Å². The second-order valence-electron chi connectivity index (χ2n) is 5.66. The molecule has 2 rings (SSSR count). The van der Waals surface area contributed by atoms with Crippen molar-refractivity contribution >= 4 is 29.3 Å². The van der Waals surface area contributed by atoms with Crippen LogP contribution >= 0.6 is 11.8 Å². The molecule has 0 radical (unpaired) electrons. The van der Waals surface area contributed by atoms with Gasteiger partial charge in [0.05, 0.1) is 31.2 Å². The van der Waals surface area contributed by atoms with Crippen molar-refractivity contribution in [3.8, 4) is 11.5 Å². The normalized spacial score (nSPS) is 10.2. The van der Waals surface area contributed by atoms with Gasteiger partial charge in [-0.2, -0.15) is 0 Å². The maximum absolute atomic E-state index is 12.3. The van der Waals surface area contributed by atoms with Crippen LogP contribution in [0.3, 0.4) is 0 Å². The van der Waals surface area contributed by atoms with Gasteiger partial charge in [0.1, 0.15) is 0 Å². The summed E-state index contributed by atoms with van der Waals surface area (Å²) in [6.07, 6.45) is 0.849. The summed E-state index contributed by atoms with van der Waals surface area (Å²) in [4.78, 5) is 25.4. The predicted octanol–water partition coefficient (Wildman–Crippen LogP) is 3.57. The molecule has 7 heteroatoms. The van der Waals surface area contributed by atoms with E-state index in [0.29, 0.717) is 29.3 Å². The number of thioether (sulfide) groups is 1. The van der Waals surface area contributed by atoms with E-state index in [0.717, 1.165) is 11.3 Å². The van der Waals surface area contributed by atoms with Crippen LogP contribution in [0.15, 0.2) is 47.4 Å². The molecule has 0 spiro atoms. The molecule has 0 aliphatic carbocycles. The van der Waals surface area contributed by atoms with E-state index in [2.05, 4.69) is 10.6 Å². The molecule has 6 nitrogen and oxygen atoms in total. The fourth-order valence-corrected chi connectivity index (χ4v) is 3.09. The van der Waals surface area contributed by atoms with Gasteiger partial charge in [0, 0.05) is 11.4 Å². The third-order valence-electron chi connectivity index (χ3n) is 3.71. The van der Waals surface area contributed by atoms with Gasteiger partial charge in [-0.3, -0.25) is 9.59 Å². The molecule has 0 aromatic heterocycles. The number of methoxy groups -OCH3 is 2. The maximum Gasteiger partial charge on any atom is 0.253 e. The Bertz CT molecular complexity index is 795. The highest BCUT2D eigenvalue weighted by molar-refractivity contribution is 8.00. The number of hydrogen-bond donors (Lipinski definition) is 2. The topological polar surface area (TPSA) is 76.7 Å². The molecule has 2 amide bonds. The van der Waals surface area contributed by atoms with E-state index in [1.165, 1.54) is 11.8 Å². The van der Waals surface area contributed by atoms with E-state index >= 15 is 0 Å². The van der Waals surface area contributed by atoms with Crippen LogP contribution in [0.4, 0.5) is 5.69 Å². The van der Waals surface area contributed by atoms with Crippen molar-refractivity contribution in [1.82, 2.24) is 5.32 Å². The summed E-state index contributed by atoms with van der Waals surface area (Å²) < 4.78 is 10.5. The van der Waals surface area contributed by atoms with Crippen LogP contribution in [0.5, 0.6) is 11.5 Å². The van der Waals surface area contributed by atoms with E-state index in [1.54, 1.807) is 44.6 Å². The lowest BCUT2D eigenvalue weighted by molar-refractivity contribution is -0.113. The Morgan fingerprint density at radius 3 is 2.48 bits per heavy atom. The summed E-state index contributed by atoms with van der Waals surface area (Å²) in [5, 5.41) is 5.64.